The summed E-state index contributed by atoms with van der Waals surface area (Å²) in [7, 11) is 0. The molecule has 2 heterocycles. The van der Waals surface area contributed by atoms with Gasteiger partial charge in [0.25, 0.3) is 0 Å². The van der Waals surface area contributed by atoms with Crippen LogP contribution in [0.3, 0.4) is 0 Å². The van der Waals surface area contributed by atoms with E-state index in [0.717, 1.165) is 31.7 Å². The molecular formula is C19H19F3N2O3. The van der Waals surface area contributed by atoms with Gasteiger partial charge in [-0.15, -0.1) is 0 Å². The molecule has 144 valence electrons. The van der Waals surface area contributed by atoms with E-state index >= 15 is 0 Å². The van der Waals surface area contributed by atoms with E-state index in [-0.39, 0.29) is 0 Å². The summed E-state index contributed by atoms with van der Waals surface area (Å²) in [6.07, 6.45) is 1.18. The van der Waals surface area contributed by atoms with Crippen molar-refractivity contribution in [3.63, 3.8) is 0 Å². The number of hydrogen-bond acceptors (Lipinski definition) is 4. The number of piperidine rings is 1. The maximum atomic E-state index is 10.6. The summed E-state index contributed by atoms with van der Waals surface area (Å²) in [5.74, 6) is -1.31. The third-order valence-electron chi connectivity index (χ3n) is 3.58. The number of nitrogens with zero attached hydrogens (tertiary/aromatic N) is 1. The number of pyridine rings is 1. The highest BCUT2D eigenvalue weighted by Crippen LogP contribution is 2.22. The molecule has 0 amide bonds. The van der Waals surface area contributed by atoms with Gasteiger partial charge in [0.2, 0.25) is 5.88 Å². The molecule has 0 unspecified atom stereocenters. The second-order valence-corrected chi connectivity index (χ2v) is 5.70. The number of carbonyl (C=O) groups is 1. The largest absolute Gasteiger partial charge is 0.490 e. The summed E-state index contributed by atoms with van der Waals surface area (Å²) in [6, 6.07) is 13.8. The molecular weight excluding hydrogens is 361 g/mol. The molecule has 8 heteroatoms. The van der Waals surface area contributed by atoms with Crippen molar-refractivity contribution in [2.75, 3.05) is 13.1 Å². The van der Waals surface area contributed by atoms with Crippen LogP contribution in [0.15, 0.2) is 54.2 Å². The van der Waals surface area contributed by atoms with Crippen molar-refractivity contribution < 1.29 is 27.8 Å². The zero-order chi connectivity index (χ0) is 19.7. The summed E-state index contributed by atoms with van der Waals surface area (Å²) in [5.41, 5.74) is 2.69. The van der Waals surface area contributed by atoms with Gasteiger partial charge in [-0.25, -0.2) is 9.78 Å². The van der Waals surface area contributed by atoms with Crippen molar-refractivity contribution in [1.29, 1.82) is 0 Å². The predicted octanol–water partition coefficient (Wildman–Crippen LogP) is 4.27. The molecule has 2 N–H and O–H groups in total. The van der Waals surface area contributed by atoms with Crippen molar-refractivity contribution in [1.82, 2.24) is 10.3 Å². The van der Waals surface area contributed by atoms with E-state index in [9.17, 15) is 13.2 Å². The molecule has 0 saturated carbocycles. The zero-order valence-electron chi connectivity index (χ0n) is 14.4. The van der Waals surface area contributed by atoms with Gasteiger partial charge in [-0.05, 0) is 49.7 Å². The lowest BCUT2D eigenvalue weighted by molar-refractivity contribution is -0.192. The third kappa shape index (κ3) is 7.49. The van der Waals surface area contributed by atoms with Gasteiger partial charge in [0.1, 0.15) is 5.75 Å². The number of ether oxygens (including phenoxy) is 1. The van der Waals surface area contributed by atoms with Crippen LogP contribution in [0.25, 0.3) is 6.08 Å². The molecule has 1 fully saturated rings. The first-order chi connectivity index (χ1) is 12.8. The Hall–Kier alpha value is -2.87. The summed E-state index contributed by atoms with van der Waals surface area (Å²) in [6.45, 7) is 2.16. The second kappa shape index (κ2) is 9.72. The maximum absolute atomic E-state index is 10.6. The number of carboxylic acids is 1. The number of hydrogen-bond donors (Lipinski definition) is 2. The minimum absolute atomic E-state index is 0.624. The van der Waals surface area contributed by atoms with Crippen molar-refractivity contribution in [3.05, 3.63) is 59.8 Å². The van der Waals surface area contributed by atoms with Gasteiger partial charge in [0, 0.05) is 12.3 Å². The average Bonchev–Trinajstić information content (AvgIpc) is 2.63. The van der Waals surface area contributed by atoms with Crippen LogP contribution in [0.5, 0.6) is 11.6 Å². The second-order valence-electron chi connectivity index (χ2n) is 5.70. The van der Waals surface area contributed by atoms with Crippen LogP contribution in [0.2, 0.25) is 0 Å². The average molecular weight is 380 g/mol. The molecule has 3 rings (SSSR count). The van der Waals surface area contributed by atoms with Crippen LogP contribution in [-0.4, -0.2) is 35.3 Å². The Morgan fingerprint density at radius 1 is 1.15 bits per heavy atom. The summed E-state index contributed by atoms with van der Waals surface area (Å²) in [5, 5.41) is 10.5. The number of rotatable bonds is 3. The fourth-order valence-corrected chi connectivity index (χ4v) is 2.32. The van der Waals surface area contributed by atoms with E-state index in [0.29, 0.717) is 5.88 Å². The minimum atomic E-state index is -5.08. The topological polar surface area (TPSA) is 71.5 Å². The molecule has 1 aromatic carbocycles. The molecule has 2 aromatic rings. The van der Waals surface area contributed by atoms with Gasteiger partial charge in [0.15, 0.2) is 0 Å². The summed E-state index contributed by atoms with van der Waals surface area (Å²) >= 11 is 0. The van der Waals surface area contributed by atoms with Gasteiger partial charge >= 0.3 is 12.1 Å². The number of carboxylic acid groups (broad SMARTS) is 1. The first kappa shape index (κ1) is 20.4. The molecule has 5 nitrogen and oxygen atoms in total. The van der Waals surface area contributed by atoms with E-state index in [1.54, 1.807) is 6.20 Å². The highest BCUT2D eigenvalue weighted by atomic mass is 19.4. The van der Waals surface area contributed by atoms with Crippen LogP contribution in [0.1, 0.15) is 18.4 Å². The Labute approximate surface area is 154 Å². The van der Waals surface area contributed by atoms with E-state index < -0.39 is 12.1 Å². The molecule has 27 heavy (non-hydrogen) atoms. The Balaban J connectivity index is 0.000000321. The summed E-state index contributed by atoms with van der Waals surface area (Å²) < 4.78 is 37.5. The van der Waals surface area contributed by atoms with Crippen LogP contribution < -0.4 is 10.1 Å². The Morgan fingerprint density at radius 2 is 1.85 bits per heavy atom. The SMILES string of the molecule is C(=C1CCNCC1)c1cccc(Oc2ccccn2)c1.O=C(O)C(F)(F)F. The molecule has 0 atom stereocenters. The number of aliphatic carboxylic acids is 1. The number of benzene rings is 1. The van der Waals surface area contributed by atoms with E-state index in [2.05, 4.69) is 28.5 Å². The highest BCUT2D eigenvalue weighted by Gasteiger charge is 2.38. The van der Waals surface area contributed by atoms with Gasteiger partial charge in [0.05, 0.1) is 0 Å². The van der Waals surface area contributed by atoms with Crippen LogP contribution in [-0.2, 0) is 4.79 Å². The van der Waals surface area contributed by atoms with E-state index in [4.69, 9.17) is 14.6 Å². The van der Waals surface area contributed by atoms with Crippen LogP contribution in [0, 0.1) is 0 Å². The number of alkyl halides is 3. The Kier molecular flexibility index (Phi) is 7.36. The van der Waals surface area contributed by atoms with E-state index in [1.165, 1.54) is 11.1 Å². The van der Waals surface area contributed by atoms with Crippen molar-refractivity contribution >= 4 is 12.0 Å². The van der Waals surface area contributed by atoms with Crippen LogP contribution in [0.4, 0.5) is 13.2 Å². The lowest BCUT2D eigenvalue weighted by Gasteiger charge is -2.15. The van der Waals surface area contributed by atoms with Crippen molar-refractivity contribution in [2.45, 2.75) is 19.0 Å². The molecule has 1 aromatic heterocycles. The van der Waals surface area contributed by atoms with Crippen LogP contribution >= 0.6 is 0 Å². The molecule has 1 aliphatic heterocycles. The first-order valence-electron chi connectivity index (χ1n) is 8.24. The monoisotopic (exact) mass is 380 g/mol. The quantitative estimate of drug-likeness (QED) is 0.832. The van der Waals surface area contributed by atoms with E-state index in [1.807, 2.05) is 30.3 Å². The van der Waals surface area contributed by atoms with Crippen molar-refractivity contribution in [3.8, 4) is 11.6 Å². The standard InChI is InChI=1S/C17H18N2O.C2HF3O2/c1-2-9-19-17(6-1)20-16-5-3-4-15(13-16)12-14-7-10-18-11-8-14;3-2(4,5)1(6)7/h1-6,9,12-13,18H,7-8,10-11H2;(H,6,7). The normalized spacial score (nSPS) is 14.0. The molecule has 0 bridgehead atoms. The zero-order valence-corrected chi connectivity index (χ0v) is 14.4. The highest BCUT2D eigenvalue weighted by molar-refractivity contribution is 5.73. The molecule has 1 aliphatic rings. The molecule has 0 aliphatic carbocycles. The fourth-order valence-electron chi connectivity index (χ4n) is 2.32. The molecule has 0 radical (unpaired) electrons. The number of nitrogens with one attached hydrogen (secondary N) is 1. The lowest BCUT2D eigenvalue weighted by atomic mass is 10.0. The van der Waals surface area contributed by atoms with Gasteiger partial charge in [-0.1, -0.05) is 29.8 Å². The fraction of sp³-hybridized carbons (Fsp3) is 0.263. The number of aromatic nitrogens is 1. The molecule has 0 spiro atoms. The Bertz CT molecular complexity index is 769. The smallest absolute Gasteiger partial charge is 0.475 e. The Morgan fingerprint density at radius 3 is 2.44 bits per heavy atom. The number of halogens is 3. The van der Waals surface area contributed by atoms with Gasteiger partial charge in [-0.3, -0.25) is 0 Å². The predicted molar refractivity (Wildman–Crippen MR) is 94.5 cm³/mol. The summed E-state index contributed by atoms with van der Waals surface area (Å²) in [4.78, 5) is 13.1. The van der Waals surface area contributed by atoms with Gasteiger partial charge < -0.3 is 15.2 Å². The third-order valence-corrected chi connectivity index (χ3v) is 3.58. The maximum Gasteiger partial charge on any atom is 0.490 e. The first-order valence-corrected chi connectivity index (χ1v) is 8.24. The molecule has 1 saturated heterocycles. The van der Waals surface area contributed by atoms with Gasteiger partial charge in [-0.2, -0.15) is 13.2 Å². The van der Waals surface area contributed by atoms with Crippen molar-refractivity contribution in [2.24, 2.45) is 0 Å². The minimum Gasteiger partial charge on any atom is -0.475 e. The lowest BCUT2D eigenvalue weighted by Crippen LogP contribution is -2.22.